The first-order valence-corrected chi connectivity index (χ1v) is 7.17. The predicted octanol–water partition coefficient (Wildman–Crippen LogP) is 2.21. The Balaban J connectivity index is 1.89. The molecule has 4 heteroatoms. The Morgan fingerprint density at radius 3 is 2.58 bits per heavy atom. The van der Waals surface area contributed by atoms with E-state index in [4.69, 9.17) is 0 Å². The highest BCUT2D eigenvalue weighted by Gasteiger charge is 2.23. The van der Waals surface area contributed by atoms with Crippen LogP contribution in [0.2, 0.25) is 0 Å². The quantitative estimate of drug-likeness (QED) is 0.859. The van der Waals surface area contributed by atoms with E-state index in [1.165, 1.54) is 18.7 Å². The van der Waals surface area contributed by atoms with E-state index in [0.29, 0.717) is 17.4 Å². The topological polar surface area (TPSA) is 46.2 Å². The van der Waals surface area contributed by atoms with Gasteiger partial charge < -0.3 is 5.32 Å². The van der Waals surface area contributed by atoms with Gasteiger partial charge in [0, 0.05) is 24.1 Å². The van der Waals surface area contributed by atoms with E-state index < -0.39 is 0 Å². The van der Waals surface area contributed by atoms with Crippen LogP contribution >= 0.6 is 11.8 Å². The maximum Gasteiger partial charge on any atom is 0.251 e. The van der Waals surface area contributed by atoms with Crippen molar-refractivity contribution in [3.05, 3.63) is 35.4 Å². The molecule has 19 heavy (non-hydrogen) atoms. The Morgan fingerprint density at radius 2 is 2.00 bits per heavy atom. The molecule has 1 saturated carbocycles. The Hall–Kier alpha value is -1.73. The highest BCUT2D eigenvalue weighted by Crippen LogP contribution is 2.19. The van der Waals surface area contributed by atoms with Crippen molar-refractivity contribution in [1.29, 1.82) is 0 Å². The van der Waals surface area contributed by atoms with Crippen LogP contribution in [0, 0.1) is 11.8 Å². The van der Waals surface area contributed by atoms with Gasteiger partial charge in [-0.3, -0.25) is 9.59 Å². The lowest BCUT2D eigenvalue weighted by Gasteiger charge is -2.02. The lowest BCUT2D eigenvalue weighted by atomic mass is 10.1. The molecule has 1 aliphatic rings. The standard InChI is InChI=1S/C15H15NO2S/c1-11(17)19-10-2-3-12-4-6-13(7-5-12)15(18)16-14-8-9-14/h4-7,14H,8-10H2,1H3,(H,16,18). The highest BCUT2D eigenvalue weighted by molar-refractivity contribution is 8.13. The highest BCUT2D eigenvalue weighted by atomic mass is 32.2. The minimum absolute atomic E-state index is 0.0193. The summed E-state index contributed by atoms with van der Waals surface area (Å²) in [5, 5.41) is 3.01. The SMILES string of the molecule is CC(=O)SCC#Cc1ccc(C(=O)NC2CC2)cc1. The molecule has 0 unspecified atom stereocenters. The zero-order valence-electron chi connectivity index (χ0n) is 10.7. The fourth-order valence-electron chi connectivity index (χ4n) is 1.48. The molecule has 1 aromatic rings. The third kappa shape index (κ3) is 4.80. The molecular weight excluding hydrogens is 258 g/mol. The summed E-state index contributed by atoms with van der Waals surface area (Å²) in [6.07, 6.45) is 2.17. The van der Waals surface area contributed by atoms with Crippen molar-refractivity contribution in [2.24, 2.45) is 0 Å². The number of benzene rings is 1. The second-order valence-corrected chi connectivity index (χ2v) is 5.56. The van der Waals surface area contributed by atoms with Crippen LogP contribution in [0.4, 0.5) is 0 Å². The number of hydrogen-bond acceptors (Lipinski definition) is 3. The van der Waals surface area contributed by atoms with Crippen molar-refractivity contribution in [2.75, 3.05) is 5.75 Å². The lowest BCUT2D eigenvalue weighted by molar-refractivity contribution is -0.109. The summed E-state index contributed by atoms with van der Waals surface area (Å²) in [4.78, 5) is 22.5. The van der Waals surface area contributed by atoms with E-state index in [-0.39, 0.29) is 11.0 Å². The molecule has 2 rings (SSSR count). The van der Waals surface area contributed by atoms with Gasteiger partial charge in [-0.25, -0.2) is 0 Å². The van der Waals surface area contributed by atoms with Crippen molar-refractivity contribution in [1.82, 2.24) is 5.32 Å². The number of amides is 1. The van der Waals surface area contributed by atoms with Gasteiger partial charge in [-0.05, 0) is 37.1 Å². The van der Waals surface area contributed by atoms with Crippen LogP contribution in [-0.4, -0.2) is 22.8 Å². The molecular formula is C15H15NO2S. The van der Waals surface area contributed by atoms with E-state index in [0.717, 1.165) is 18.4 Å². The molecule has 0 saturated heterocycles. The van der Waals surface area contributed by atoms with Crippen LogP contribution in [-0.2, 0) is 4.79 Å². The summed E-state index contributed by atoms with van der Waals surface area (Å²) >= 11 is 1.20. The summed E-state index contributed by atoms with van der Waals surface area (Å²) < 4.78 is 0. The Labute approximate surface area is 117 Å². The molecule has 0 heterocycles. The number of carbonyl (C=O) groups is 2. The summed E-state index contributed by atoms with van der Waals surface area (Å²) in [5.74, 6) is 6.36. The fraction of sp³-hybridized carbons (Fsp3) is 0.333. The molecule has 3 nitrogen and oxygen atoms in total. The van der Waals surface area contributed by atoms with E-state index in [2.05, 4.69) is 17.2 Å². The van der Waals surface area contributed by atoms with Crippen LogP contribution in [0.1, 0.15) is 35.7 Å². The minimum atomic E-state index is -0.0193. The molecule has 1 fully saturated rings. The van der Waals surface area contributed by atoms with Crippen LogP contribution in [0.5, 0.6) is 0 Å². The van der Waals surface area contributed by atoms with Gasteiger partial charge in [0.1, 0.15) is 0 Å². The maximum absolute atomic E-state index is 11.8. The normalized spacial score (nSPS) is 13.3. The zero-order valence-corrected chi connectivity index (χ0v) is 11.5. The molecule has 0 atom stereocenters. The number of hydrogen-bond donors (Lipinski definition) is 1. The van der Waals surface area contributed by atoms with E-state index >= 15 is 0 Å². The predicted molar refractivity (Wildman–Crippen MR) is 76.9 cm³/mol. The summed E-state index contributed by atoms with van der Waals surface area (Å²) in [6.45, 7) is 1.53. The third-order valence-electron chi connectivity index (χ3n) is 2.64. The number of nitrogens with one attached hydrogen (secondary N) is 1. The summed E-state index contributed by atoms with van der Waals surface area (Å²) in [6, 6.07) is 7.58. The smallest absolute Gasteiger partial charge is 0.251 e. The van der Waals surface area contributed by atoms with Gasteiger partial charge in [0.05, 0.1) is 5.75 Å². The van der Waals surface area contributed by atoms with Crippen LogP contribution in [0.25, 0.3) is 0 Å². The molecule has 0 radical (unpaired) electrons. The number of carbonyl (C=O) groups excluding carboxylic acids is 2. The first-order chi connectivity index (χ1) is 9.15. The van der Waals surface area contributed by atoms with Crippen LogP contribution in [0.15, 0.2) is 24.3 Å². The molecule has 0 aliphatic heterocycles. The molecule has 0 aromatic heterocycles. The first-order valence-electron chi connectivity index (χ1n) is 6.18. The monoisotopic (exact) mass is 273 g/mol. The minimum Gasteiger partial charge on any atom is -0.349 e. The van der Waals surface area contributed by atoms with Gasteiger partial charge in [0.25, 0.3) is 5.91 Å². The van der Waals surface area contributed by atoms with Gasteiger partial charge in [-0.1, -0.05) is 23.6 Å². The number of rotatable bonds is 3. The average molecular weight is 273 g/mol. The van der Waals surface area contributed by atoms with Gasteiger partial charge in [-0.15, -0.1) is 0 Å². The second-order valence-electron chi connectivity index (χ2n) is 4.41. The summed E-state index contributed by atoms with van der Waals surface area (Å²) in [5.41, 5.74) is 1.52. The van der Waals surface area contributed by atoms with E-state index in [9.17, 15) is 9.59 Å². The maximum atomic E-state index is 11.8. The third-order valence-corrected chi connectivity index (χ3v) is 3.34. The molecule has 1 aliphatic carbocycles. The lowest BCUT2D eigenvalue weighted by Crippen LogP contribution is -2.25. The van der Waals surface area contributed by atoms with Gasteiger partial charge in [0.15, 0.2) is 5.12 Å². The van der Waals surface area contributed by atoms with Crippen molar-refractivity contribution in [3.8, 4) is 11.8 Å². The van der Waals surface area contributed by atoms with Gasteiger partial charge in [-0.2, -0.15) is 0 Å². The Morgan fingerprint density at radius 1 is 1.32 bits per heavy atom. The largest absolute Gasteiger partial charge is 0.349 e. The Kier molecular flexibility index (Phi) is 4.64. The van der Waals surface area contributed by atoms with Crippen molar-refractivity contribution < 1.29 is 9.59 Å². The van der Waals surface area contributed by atoms with Crippen molar-refractivity contribution >= 4 is 22.8 Å². The molecule has 0 bridgehead atoms. The molecule has 0 spiro atoms. The molecule has 98 valence electrons. The number of thioether (sulfide) groups is 1. The molecule has 1 N–H and O–H groups in total. The van der Waals surface area contributed by atoms with Gasteiger partial charge in [0.2, 0.25) is 0 Å². The van der Waals surface area contributed by atoms with Crippen molar-refractivity contribution in [2.45, 2.75) is 25.8 Å². The van der Waals surface area contributed by atoms with Crippen molar-refractivity contribution in [3.63, 3.8) is 0 Å². The first kappa shape index (κ1) is 13.7. The average Bonchev–Trinajstić information content (AvgIpc) is 3.19. The van der Waals surface area contributed by atoms with E-state index in [1.54, 1.807) is 12.1 Å². The molecule has 1 amide bonds. The second kappa shape index (κ2) is 6.44. The molecule has 1 aromatic carbocycles. The Bertz CT molecular complexity index is 536. The van der Waals surface area contributed by atoms with E-state index in [1.807, 2.05) is 12.1 Å². The summed E-state index contributed by atoms with van der Waals surface area (Å²) in [7, 11) is 0. The van der Waals surface area contributed by atoms with Crippen LogP contribution in [0.3, 0.4) is 0 Å². The zero-order chi connectivity index (χ0) is 13.7. The fourth-order valence-corrected chi connectivity index (χ4v) is 1.82. The van der Waals surface area contributed by atoms with Gasteiger partial charge >= 0.3 is 0 Å². The van der Waals surface area contributed by atoms with Crippen LogP contribution < -0.4 is 5.32 Å².